The zero-order valence-corrected chi connectivity index (χ0v) is 43.8. The lowest BCUT2D eigenvalue weighted by Crippen LogP contribution is -2.29. The summed E-state index contributed by atoms with van der Waals surface area (Å²) in [5.41, 5.74) is 5.48. The first-order valence-electron chi connectivity index (χ1n) is 25.5. The molecule has 2 aliphatic heterocycles. The van der Waals surface area contributed by atoms with E-state index in [0.717, 1.165) is 52.7 Å². The number of ether oxygens (including phenoxy) is 3. The van der Waals surface area contributed by atoms with E-state index in [1.165, 1.54) is 26.2 Å². The fourth-order valence-corrected chi connectivity index (χ4v) is 10.00. The van der Waals surface area contributed by atoms with Crippen LogP contribution in [0.15, 0.2) is 213 Å². The van der Waals surface area contributed by atoms with Crippen molar-refractivity contribution in [1.29, 1.82) is 0 Å². The molecule has 9 aromatic carbocycles. The van der Waals surface area contributed by atoms with Gasteiger partial charge in [-0.15, -0.1) is 0 Å². The molecule has 394 valence electrons. The minimum Gasteiger partial charge on any atom is -0.457 e. The van der Waals surface area contributed by atoms with Gasteiger partial charge in [-0.05, 0) is 163 Å². The van der Waals surface area contributed by atoms with Gasteiger partial charge in [-0.1, -0.05) is 72.3 Å². The van der Waals surface area contributed by atoms with Crippen LogP contribution < -0.4 is 41.3 Å². The minimum absolute atomic E-state index is 0.0851. The Balaban J connectivity index is 0.000000163. The van der Waals surface area contributed by atoms with Gasteiger partial charge in [0.2, 0.25) is 0 Å². The Morgan fingerprint density at radius 3 is 1.25 bits per heavy atom. The largest absolute Gasteiger partial charge is 0.457 e. The van der Waals surface area contributed by atoms with Crippen LogP contribution in [-0.2, 0) is 7.05 Å². The number of carbonyl (C=O) groups excluding carboxylic acids is 4. The van der Waals surface area contributed by atoms with Crippen LogP contribution in [0.1, 0.15) is 52.6 Å². The van der Waals surface area contributed by atoms with Crippen molar-refractivity contribution >= 4 is 50.9 Å². The highest BCUT2D eigenvalue weighted by molar-refractivity contribution is 6.34. The fourth-order valence-electron chi connectivity index (χ4n) is 10.00. The maximum Gasteiger partial charge on any atom is 0.266 e. The number of anilines is 1. The van der Waals surface area contributed by atoms with Crippen LogP contribution in [0.3, 0.4) is 0 Å². The summed E-state index contributed by atoms with van der Waals surface area (Å²) in [6.45, 7) is 4.02. The van der Waals surface area contributed by atoms with E-state index >= 15 is 0 Å². The SMILES string of the molecule is Cc1ccc(Oc2ccc(N3C(=O)c4ccc(-c5ccc6c(c5)C(=O)N(C)C6=O)cc4C3=O)cc2)cc1.Cc1cccc(Oc2ccc(-c3ccc(Oc4cccc(-n5c(=O)c6cc7c(=O)n(C)c(=O)c7cc6c5=O)c4)cc3)cc2)c1. The highest BCUT2D eigenvalue weighted by Gasteiger charge is 2.38. The van der Waals surface area contributed by atoms with Gasteiger partial charge >= 0.3 is 0 Å². The monoisotopic (exact) mass is 1070 g/mol. The third-order valence-electron chi connectivity index (χ3n) is 14.3. The Morgan fingerprint density at radius 1 is 0.309 bits per heavy atom. The average Bonchev–Trinajstić information content (AvgIpc) is 4.15. The summed E-state index contributed by atoms with van der Waals surface area (Å²) >= 11 is 0. The number of rotatable bonds is 10. The average molecular weight is 1070 g/mol. The first-order valence-corrected chi connectivity index (χ1v) is 25.5. The predicted octanol–water partition coefficient (Wildman–Crippen LogP) is 11.5. The second-order valence-electron chi connectivity index (χ2n) is 19.7. The summed E-state index contributed by atoms with van der Waals surface area (Å²) in [5.74, 6) is 2.27. The van der Waals surface area contributed by atoms with Crippen molar-refractivity contribution in [3.8, 4) is 62.4 Å². The van der Waals surface area contributed by atoms with Crippen molar-refractivity contribution in [1.82, 2.24) is 14.0 Å². The van der Waals surface area contributed by atoms with E-state index in [1.54, 1.807) is 84.9 Å². The third kappa shape index (κ3) is 9.23. The molecule has 0 fully saturated rings. The van der Waals surface area contributed by atoms with Crippen LogP contribution in [0.25, 0.3) is 49.5 Å². The Morgan fingerprint density at radius 2 is 0.716 bits per heavy atom. The quantitative estimate of drug-likeness (QED) is 0.119. The van der Waals surface area contributed by atoms with Gasteiger partial charge in [-0.3, -0.25) is 47.8 Å². The molecule has 0 atom stereocenters. The standard InChI is InChI=1S/C36H24N2O6.C30H20N2O5/c1-21-5-3-7-27(17-21)43-25-13-9-22(10-14-25)23-11-15-26(16-12-23)44-28-8-4-6-24(18-28)38-35(41)31-19-29-30(20-32(31)36(38)42)34(40)37(2)33(29)39;1-17-3-9-21(10-4-17)37-22-11-7-20(8-12-22)32-29(35)24-14-6-19(16-26(24)30(32)36)18-5-13-23-25(15-18)28(34)31(2)27(23)33/h3-20H,1-2H3;3-16H,1-2H3. The van der Waals surface area contributed by atoms with Crippen molar-refractivity contribution in [3.63, 3.8) is 0 Å². The molecule has 0 radical (unpaired) electrons. The summed E-state index contributed by atoms with van der Waals surface area (Å²) in [7, 11) is 2.81. The molecule has 0 N–H and O–H groups in total. The Bertz CT molecular complexity index is 4570. The lowest BCUT2D eigenvalue weighted by atomic mass is 9.97. The van der Waals surface area contributed by atoms with Crippen LogP contribution in [0.2, 0.25) is 0 Å². The highest BCUT2D eigenvalue weighted by atomic mass is 16.5. The van der Waals surface area contributed by atoms with Crippen molar-refractivity contribution < 1.29 is 33.4 Å². The first kappa shape index (κ1) is 50.7. The predicted molar refractivity (Wildman–Crippen MR) is 308 cm³/mol. The third-order valence-corrected chi connectivity index (χ3v) is 14.3. The second kappa shape index (κ2) is 20.1. The van der Waals surface area contributed by atoms with Crippen LogP contribution in [0.5, 0.6) is 34.5 Å². The molecule has 2 aliphatic rings. The van der Waals surface area contributed by atoms with Crippen molar-refractivity contribution in [2.24, 2.45) is 7.05 Å². The number of imide groups is 2. The van der Waals surface area contributed by atoms with E-state index in [9.17, 15) is 38.4 Å². The summed E-state index contributed by atoms with van der Waals surface area (Å²) < 4.78 is 19.8. The van der Waals surface area contributed by atoms with E-state index in [4.69, 9.17) is 14.2 Å². The van der Waals surface area contributed by atoms with Gasteiger partial charge in [-0.2, -0.15) is 0 Å². The maximum absolute atomic E-state index is 13.3. The number of hydrogen-bond acceptors (Lipinski definition) is 11. The number of amides is 4. The smallest absolute Gasteiger partial charge is 0.266 e. The van der Waals surface area contributed by atoms with Crippen LogP contribution in [0.4, 0.5) is 5.69 Å². The Kier molecular flexibility index (Phi) is 12.6. The van der Waals surface area contributed by atoms with Gasteiger partial charge in [0.25, 0.3) is 45.9 Å². The molecule has 0 saturated heterocycles. The summed E-state index contributed by atoms with van der Waals surface area (Å²) in [4.78, 5) is 105. The van der Waals surface area contributed by atoms with Crippen molar-refractivity contribution in [2.45, 2.75) is 13.8 Å². The molecule has 0 saturated carbocycles. The number of fused-ring (bicyclic) bond motifs is 4. The van der Waals surface area contributed by atoms with Gasteiger partial charge in [0.05, 0.1) is 55.2 Å². The lowest BCUT2D eigenvalue weighted by molar-refractivity contribution is 0.0692. The molecule has 2 aromatic heterocycles. The van der Waals surface area contributed by atoms with Crippen molar-refractivity contribution in [3.05, 3.63) is 269 Å². The fraction of sp³-hybridized carbons (Fsp3) is 0.0606. The Hall–Kier alpha value is -11.1. The van der Waals surface area contributed by atoms with E-state index in [-0.39, 0.29) is 38.9 Å². The normalized spacial score (nSPS) is 12.7. The zero-order valence-electron chi connectivity index (χ0n) is 43.8. The molecular formula is C66H44N4O11. The molecule has 15 heteroatoms. The molecule has 0 aliphatic carbocycles. The van der Waals surface area contributed by atoms with Gasteiger partial charge in [0.15, 0.2) is 0 Å². The number of hydrogen-bond donors (Lipinski definition) is 0. The zero-order chi connectivity index (χ0) is 56.4. The van der Waals surface area contributed by atoms with Gasteiger partial charge < -0.3 is 14.2 Å². The molecule has 11 aromatic rings. The molecule has 4 heterocycles. The second-order valence-corrected chi connectivity index (χ2v) is 19.7. The van der Waals surface area contributed by atoms with Crippen LogP contribution in [-0.4, -0.2) is 44.7 Å². The van der Waals surface area contributed by atoms with E-state index < -0.39 is 34.1 Å². The van der Waals surface area contributed by atoms with Gasteiger partial charge in [0, 0.05) is 20.2 Å². The van der Waals surface area contributed by atoms with Crippen molar-refractivity contribution in [2.75, 3.05) is 11.9 Å². The molecule has 0 unspecified atom stereocenters. The number of aromatic nitrogens is 2. The van der Waals surface area contributed by atoms with E-state index in [0.29, 0.717) is 62.2 Å². The molecule has 4 amide bonds. The molecule has 15 nitrogen and oxygen atoms in total. The van der Waals surface area contributed by atoms with Crippen LogP contribution >= 0.6 is 0 Å². The Labute approximate surface area is 460 Å². The van der Waals surface area contributed by atoms with Crippen LogP contribution in [0, 0.1) is 13.8 Å². The molecule has 0 spiro atoms. The maximum atomic E-state index is 13.3. The number of aryl methyl sites for hydroxylation is 2. The van der Waals surface area contributed by atoms with Gasteiger partial charge in [-0.25, -0.2) is 9.47 Å². The number of benzene rings is 9. The number of nitrogens with zero attached hydrogens (tertiary/aromatic N) is 4. The molecule has 0 bridgehead atoms. The topological polar surface area (TPSA) is 181 Å². The van der Waals surface area contributed by atoms with E-state index in [1.807, 2.05) is 111 Å². The molecule has 81 heavy (non-hydrogen) atoms. The van der Waals surface area contributed by atoms with E-state index in [2.05, 4.69) is 0 Å². The molecule has 13 rings (SSSR count). The lowest BCUT2D eigenvalue weighted by Gasteiger charge is -2.14. The first-order chi connectivity index (χ1) is 39.1. The number of carbonyl (C=O) groups is 4. The molecular weight excluding hydrogens is 1020 g/mol. The summed E-state index contributed by atoms with van der Waals surface area (Å²) in [5, 5.41) is 0.404. The summed E-state index contributed by atoms with van der Waals surface area (Å²) in [6.07, 6.45) is 0. The summed E-state index contributed by atoms with van der Waals surface area (Å²) in [6, 6.07) is 57.0. The minimum atomic E-state index is -0.570. The van der Waals surface area contributed by atoms with Gasteiger partial charge in [0.1, 0.15) is 34.5 Å². The highest BCUT2D eigenvalue weighted by Crippen LogP contribution is 2.36.